The Morgan fingerprint density at radius 3 is 2.80 bits per heavy atom. The molecule has 5 nitrogen and oxygen atoms in total. The van der Waals surface area contributed by atoms with Gasteiger partial charge in [-0.3, -0.25) is 4.79 Å². The van der Waals surface area contributed by atoms with E-state index in [9.17, 15) is 4.79 Å². The SMILES string of the molecule is C=CCOC1(c2cccc(OC(C)c3ccc4[nH]c(=O)ccc4c3)c2)CCOCC1. The molecule has 156 valence electrons. The first-order valence-electron chi connectivity index (χ1n) is 10.3. The minimum absolute atomic E-state index is 0.0999. The maximum absolute atomic E-state index is 11.5. The third kappa shape index (κ3) is 4.32. The van der Waals surface area contributed by atoms with Gasteiger partial charge in [0.2, 0.25) is 5.56 Å². The predicted molar refractivity (Wildman–Crippen MR) is 118 cm³/mol. The fourth-order valence-electron chi connectivity index (χ4n) is 3.99. The average molecular weight is 405 g/mol. The summed E-state index contributed by atoms with van der Waals surface area (Å²) in [7, 11) is 0. The summed E-state index contributed by atoms with van der Waals surface area (Å²) < 4.78 is 18.1. The highest BCUT2D eigenvalue weighted by Crippen LogP contribution is 2.38. The molecule has 0 amide bonds. The minimum atomic E-state index is -0.371. The highest BCUT2D eigenvalue weighted by Gasteiger charge is 2.35. The Hall–Kier alpha value is -2.89. The summed E-state index contributed by atoms with van der Waals surface area (Å²) in [5, 5.41) is 0.982. The van der Waals surface area contributed by atoms with Gasteiger partial charge in [-0.15, -0.1) is 6.58 Å². The smallest absolute Gasteiger partial charge is 0.248 e. The lowest BCUT2D eigenvalue weighted by Gasteiger charge is -2.37. The van der Waals surface area contributed by atoms with Crippen LogP contribution in [-0.2, 0) is 15.1 Å². The zero-order chi connectivity index (χ0) is 21.0. The van der Waals surface area contributed by atoms with E-state index in [0.717, 1.165) is 40.6 Å². The van der Waals surface area contributed by atoms with E-state index >= 15 is 0 Å². The summed E-state index contributed by atoms with van der Waals surface area (Å²) >= 11 is 0. The number of benzene rings is 2. The maximum Gasteiger partial charge on any atom is 0.248 e. The zero-order valence-electron chi connectivity index (χ0n) is 17.2. The summed E-state index contributed by atoms with van der Waals surface area (Å²) in [5.74, 6) is 0.801. The molecule has 1 N–H and O–H groups in total. The molecule has 2 heterocycles. The third-order valence-corrected chi connectivity index (χ3v) is 5.67. The van der Waals surface area contributed by atoms with Gasteiger partial charge in [-0.05, 0) is 53.8 Å². The van der Waals surface area contributed by atoms with Crippen molar-refractivity contribution < 1.29 is 14.2 Å². The molecule has 4 rings (SSSR count). The fourth-order valence-corrected chi connectivity index (χ4v) is 3.99. The summed E-state index contributed by atoms with van der Waals surface area (Å²) in [6.07, 6.45) is 3.26. The van der Waals surface area contributed by atoms with Crippen molar-refractivity contribution in [3.8, 4) is 5.75 Å². The van der Waals surface area contributed by atoms with Crippen molar-refractivity contribution in [3.63, 3.8) is 0 Å². The van der Waals surface area contributed by atoms with Crippen LogP contribution in [0.5, 0.6) is 5.75 Å². The van der Waals surface area contributed by atoms with Crippen LogP contribution in [0.25, 0.3) is 10.9 Å². The van der Waals surface area contributed by atoms with Crippen LogP contribution in [0.1, 0.15) is 37.0 Å². The molecule has 1 atom stereocenters. The van der Waals surface area contributed by atoms with E-state index in [1.54, 1.807) is 6.08 Å². The summed E-state index contributed by atoms with van der Waals surface area (Å²) in [4.78, 5) is 14.3. The molecule has 0 radical (unpaired) electrons. The van der Waals surface area contributed by atoms with E-state index < -0.39 is 0 Å². The Bertz CT molecular complexity index is 1080. The van der Waals surface area contributed by atoms with E-state index in [4.69, 9.17) is 14.2 Å². The van der Waals surface area contributed by atoms with E-state index in [1.165, 1.54) is 6.07 Å². The van der Waals surface area contributed by atoms with Gasteiger partial charge >= 0.3 is 0 Å². The number of pyridine rings is 1. The van der Waals surface area contributed by atoms with Crippen LogP contribution in [0.3, 0.4) is 0 Å². The molecule has 0 bridgehead atoms. The molecule has 1 aliphatic rings. The van der Waals surface area contributed by atoms with E-state index in [1.807, 2.05) is 43.3 Å². The van der Waals surface area contributed by atoms with Crippen molar-refractivity contribution in [2.24, 2.45) is 0 Å². The van der Waals surface area contributed by atoms with Crippen LogP contribution in [0.4, 0.5) is 0 Å². The Balaban J connectivity index is 1.57. The second-order valence-electron chi connectivity index (χ2n) is 7.66. The molecule has 3 aromatic rings. The van der Waals surface area contributed by atoms with Crippen LogP contribution in [-0.4, -0.2) is 24.8 Å². The highest BCUT2D eigenvalue weighted by molar-refractivity contribution is 5.79. The van der Waals surface area contributed by atoms with Gasteiger partial charge in [0, 0.05) is 37.6 Å². The number of aromatic nitrogens is 1. The van der Waals surface area contributed by atoms with Gasteiger partial charge in [-0.1, -0.05) is 24.3 Å². The molecular weight excluding hydrogens is 378 g/mol. The van der Waals surface area contributed by atoms with Crippen LogP contribution < -0.4 is 10.3 Å². The Labute approximate surface area is 176 Å². The molecule has 1 saturated heterocycles. The van der Waals surface area contributed by atoms with Gasteiger partial charge < -0.3 is 19.2 Å². The molecule has 1 aliphatic heterocycles. The number of nitrogens with one attached hydrogen (secondary N) is 1. The lowest BCUT2D eigenvalue weighted by atomic mass is 9.86. The Morgan fingerprint density at radius 2 is 2.00 bits per heavy atom. The molecule has 0 spiro atoms. The molecule has 1 aromatic heterocycles. The Morgan fingerprint density at radius 1 is 1.17 bits per heavy atom. The number of ether oxygens (including phenoxy) is 3. The van der Waals surface area contributed by atoms with Crippen LogP contribution >= 0.6 is 0 Å². The van der Waals surface area contributed by atoms with Crippen molar-refractivity contribution >= 4 is 10.9 Å². The second-order valence-corrected chi connectivity index (χ2v) is 7.66. The second kappa shape index (κ2) is 8.86. The number of H-pyrrole nitrogens is 1. The molecule has 5 heteroatoms. The topological polar surface area (TPSA) is 60.5 Å². The van der Waals surface area contributed by atoms with Crippen LogP contribution in [0, 0.1) is 0 Å². The van der Waals surface area contributed by atoms with Gasteiger partial charge in [-0.25, -0.2) is 0 Å². The van der Waals surface area contributed by atoms with Gasteiger partial charge in [0.1, 0.15) is 11.9 Å². The quantitative estimate of drug-likeness (QED) is 0.570. The number of rotatable bonds is 7. The first-order valence-corrected chi connectivity index (χ1v) is 10.3. The monoisotopic (exact) mass is 405 g/mol. The summed E-state index contributed by atoms with van der Waals surface area (Å²) in [6, 6.07) is 17.5. The number of aromatic amines is 1. The van der Waals surface area contributed by atoms with Crippen molar-refractivity contribution in [1.82, 2.24) is 4.98 Å². The van der Waals surface area contributed by atoms with Gasteiger partial charge in [0.05, 0.1) is 12.2 Å². The number of fused-ring (bicyclic) bond motifs is 1. The summed E-state index contributed by atoms with van der Waals surface area (Å²) in [6.45, 7) is 7.67. The van der Waals surface area contributed by atoms with Crippen LogP contribution in [0.2, 0.25) is 0 Å². The largest absolute Gasteiger partial charge is 0.486 e. The molecule has 0 aliphatic carbocycles. The summed E-state index contributed by atoms with van der Waals surface area (Å²) in [5.41, 5.74) is 2.50. The molecule has 1 unspecified atom stereocenters. The van der Waals surface area contributed by atoms with Crippen molar-refractivity contribution in [1.29, 1.82) is 0 Å². The average Bonchev–Trinajstić information content (AvgIpc) is 2.78. The van der Waals surface area contributed by atoms with Crippen molar-refractivity contribution in [2.75, 3.05) is 19.8 Å². The van der Waals surface area contributed by atoms with E-state index in [2.05, 4.69) is 23.7 Å². The molecule has 30 heavy (non-hydrogen) atoms. The Kier molecular flexibility index (Phi) is 6.02. The molecule has 2 aromatic carbocycles. The molecule has 1 fully saturated rings. The van der Waals surface area contributed by atoms with Crippen molar-refractivity contribution in [2.45, 2.75) is 31.5 Å². The number of hydrogen-bond acceptors (Lipinski definition) is 4. The zero-order valence-corrected chi connectivity index (χ0v) is 17.2. The van der Waals surface area contributed by atoms with Gasteiger partial charge in [0.15, 0.2) is 0 Å². The highest BCUT2D eigenvalue weighted by atomic mass is 16.5. The van der Waals surface area contributed by atoms with Gasteiger partial charge in [0.25, 0.3) is 0 Å². The normalized spacial score (nSPS) is 16.8. The standard InChI is InChI=1S/C25H27NO4/c1-3-13-29-25(11-14-28-15-12-25)21-5-4-6-22(17-21)30-18(2)19-7-9-23-20(16-19)8-10-24(27)26-23/h3-10,16-18H,1,11-15H2,2H3,(H,26,27). The third-order valence-electron chi connectivity index (χ3n) is 5.67. The van der Waals surface area contributed by atoms with Crippen molar-refractivity contribution in [3.05, 3.63) is 88.7 Å². The fraction of sp³-hybridized carbons (Fsp3) is 0.320. The first kappa shape index (κ1) is 20.4. The van der Waals surface area contributed by atoms with E-state index in [0.29, 0.717) is 19.8 Å². The maximum atomic E-state index is 11.5. The predicted octanol–water partition coefficient (Wildman–Crippen LogP) is 4.88. The molecular formula is C25H27NO4. The minimum Gasteiger partial charge on any atom is -0.486 e. The first-order chi connectivity index (χ1) is 14.6. The lowest BCUT2D eigenvalue weighted by Crippen LogP contribution is -2.36. The lowest BCUT2D eigenvalue weighted by molar-refractivity contribution is -0.107. The van der Waals surface area contributed by atoms with E-state index in [-0.39, 0.29) is 17.3 Å². The van der Waals surface area contributed by atoms with Crippen LogP contribution in [0.15, 0.2) is 72.0 Å². The number of hydrogen-bond donors (Lipinski definition) is 1. The molecule has 0 saturated carbocycles. The van der Waals surface area contributed by atoms with Gasteiger partial charge in [-0.2, -0.15) is 0 Å².